The predicted molar refractivity (Wildman–Crippen MR) is 92.6 cm³/mol. The van der Waals surface area contributed by atoms with Crippen molar-refractivity contribution >= 4 is 17.5 Å². The monoisotopic (exact) mass is 317 g/mol. The third-order valence-corrected chi connectivity index (χ3v) is 4.38. The summed E-state index contributed by atoms with van der Waals surface area (Å²) in [5.74, 6) is -0.228. The second-order valence-corrected chi connectivity index (χ2v) is 6.62. The number of hydrogen-bond donors (Lipinski definition) is 1. The van der Waals surface area contributed by atoms with Crippen molar-refractivity contribution in [3.8, 4) is 0 Å². The van der Waals surface area contributed by atoms with E-state index in [-0.39, 0.29) is 17.7 Å². The second-order valence-electron chi connectivity index (χ2n) is 6.62. The van der Waals surface area contributed by atoms with Crippen molar-refractivity contribution in [3.63, 3.8) is 0 Å². The number of rotatable bonds is 6. The Bertz CT molecular complexity index is 584. The summed E-state index contributed by atoms with van der Waals surface area (Å²) in [5.41, 5.74) is 3.25. The van der Waals surface area contributed by atoms with Crippen LogP contribution >= 0.6 is 0 Å². The van der Waals surface area contributed by atoms with E-state index >= 15 is 0 Å². The molecule has 2 rings (SSSR count). The molecular weight excluding hydrogens is 290 g/mol. The molecule has 2 amide bonds. The van der Waals surface area contributed by atoms with E-state index in [0.717, 1.165) is 24.2 Å². The van der Waals surface area contributed by atoms with E-state index in [1.807, 2.05) is 39.2 Å². The summed E-state index contributed by atoms with van der Waals surface area (Å²) >= 11 is 0. The van der Waals surface area contributed by atoms with E-state index < -0.39 is 0 Å². The molecule has 1 atom stereocenters. The Morgan fingerprint density at radius 1 is 1.30 bits per heavy atom. The molecule has 0 aliphatic carbocycles. The fourth-order valence-corrected chi connectivity index (χ4v) is 2.78. The maximum absolute atomic E-state index is 12.2. The smallest absolute Gasteiger partial charge is 0.227 e. The Morgan fingerprint density at radius 2 is 2.04 bits per heavy atom. The molecule has 1 aliphatic heterocycles. The van der Waals surface area contributed by atoms with E-state index in [1.165, 1.54) is 5.56 Å². The highest BCUT2D eigenvalue weighted by Crippen LogP contribution is 2.26. The molecule has 1 aromatic carbocycles. The third kappa shape index (κ3) is 4.55. The fourth-order valence-electron chi connectivity index (χ4n) is 2.78. The van der Waals surface area contributed by atoms with Crippen molar-refractivity contribution in [2.24, 2.45) is 5.92 Å². The minimum atomic E-state index is -0.247. The number of hydrogen-bond acceptors (Lipinski definition) is 3. The normalized spacial score (nSPS) is 17.9. The lowest BCUT2D eigenvalue weighted by Crippen LogP contribution is -2.34. The summed E-state index contributed by atoms with van der Waals surface area (Å²) in [6, 6.07) is 5.99. The minimum Gasteiger partial charge on any atom is -0.356 e. The van der Waals surface area contributed by atoms with Gasteiger partial charge in [0.2, 0.25) is 11.8 Å². The number of anilines is 1. The molecule has 126 valence electrons. The van der Waals surface area contributed by atoms with E-state index in [1.54, 1.807) is 4.90 Å². The summed E-state index contributed by atoms with van der Waals surface area (Å²) in [6.45, 7) is 6.16. The number of amides is 2. The van der Waals surface area contributed by atoms with Crippen LogP contribution in [0.3, 0.4) is 0 Å². The summed E-state index contributed by atoms with van der Waals surface area (Å²) in [5, 5.41) is 2.95. The van der Waals surface area contributed by atoms with Crippen molar-refractivity contribution in [1.29, 1.82) is 0 Å². The molecule has 23 heavy (non-hydrogen) atoms. The molecule has 1 saturated heterocycles. The lowest BCUT2D eigenvalue weighted by molar-refractivity contribution is -0.126. The Kier molecular flexibility index (Phi) is 5.77. The van der Waals surface area contributed by atoms with Crippen molar-refractivity contribution in [2.45, 2.75) is 26.7 Å². The van der Waals surface area contributed by atoms with Gasteiger partial charge >= 0.3 is 0 Å². The lowest BCUT2D eigenvalue weighted by atomic mass is 10.1. The first kappa shape index (κ1) is 17.5. The molecule has 5 heteroatoms. The molecule has 5 nitrogen and oxygen atoms in total. The Morgan fingerprint density at radius 3 is 2.70 bits per heavy atom. The van der Waals surface area contributed by atoms with E-state index in [4.69, 9.17) is 0 Å². The lowest BCUT2D eigenvalue weighted by Gasteiger charge is -2.18. The van der Waals surface area contributed by atoms with Crippen LogP contribution in [-0.4, -0.2) is 50.4 Å². The van der Waals surface area contributed by atoms with Crippen molar-refractivity contribution < 1.29 is 9.59 Å². The fraction of sp³-hybridized carbons (Fsp3) is 0.556. The summed E-state index contributed by atoms with van der Waals surface area (Å²) in [7, 11) is 4.03. The molecule has 0 bridgehead atoms. The largest absolute Gasteiger partial charge is 0.356 e. The zero-order chi connectivity index (χ0) is 17.0. The van der Waals surface area contributed by atoms with Gasteiger partial charge in [-0.05, 0) is 64.2 Å². The maximum Gasteiger partial charge on any atom is 0.227 e. The van der Waals surface area contributed by atoms with Gasteiger partial charge in [0.05, 0.1) is 5.92 Å². The van der Waals surface area contributed by atoms with Gasteiger partial charge in [-0.25, -0.2) is 0 Å². The highest BCUT2D eigenvalue weighted by Gasteiger charge is 2.34. The molecular formula is C18H27N3O2. The summed E-state index contributed by atoms with van der Waals surface area (Å²) in [4.78, 5) is 28.3. The Balaban J connectivity index is 1.91. The van der Waals surface area contributed by atoms with Gasteiger partial charge in [-0.2, -0.15) is 0 Å². The van der Waals surface area contributed by atoms with Crippen LogP contribution in [0.15, 0.2) is 18.2 Å². The Hall–Kier alpha value is -1.88. The number of aryl methyl sites for hydroxylation is 2. The second kappa shape index (κ2) is 7.59. The average Bonchev–Trinajstić information content (AvgIpc) is 2.88. The van der Waals surface area contributed by atoms with Gasteiger partial charge in [0.1, 0.15) is 0 Å². The quantitative estimate of drug-likeness (QED) is 0.813. The number of carbonyl (C=O) groups is 2. The van der Waals surface area contributed by atoms with Crippen molar-refractivity contribution in [3.05, 3.63) is 29.3 Å². The maximum atomic E-state index is 12.2. The summed E-state index contributed by atoms with van der Waals surface area (Å²) in [6.07, 6.45) is 1.21. The molecule has 1 heterocycles. The van der Waals surface area contributed by atoms with Crippen LogP contribution in [0.2, 0.25) is 0 Å². The van der Waals surface area contributed by atoms with E-state index in [2.05, 4.69) is 17.1 Å². The average molecular weight is 317 g/mol. The first-order valence-corrected chi connectivity index (χ1v) is 8.18. The number of carbonyl (C=O) groups excluding carboxylic acids is 2. The number of nitrogens with one attached hydrogen (secondary N) is 1. The highest BCUT2D eigenvalue weighted by atomic mass is 16.2. The van der Waals surface area contributed by atoms with E-state index in [9.17, 15) is 9.59 Å². The SMILES string of the molecule is Cc1ccc(N2CC(C(=O)NCCCN(C)C)CC2=O)cc1C. The Labute approximate surface area is 138 Å². The van der Waals surface area contributed by atoms with Crippen LogP contribution in [0.1, 0.15) is 24.0 Å². The number of benzene rings is 1. The van der Waals surface area contributed by atoms with E-state index in [0.29, 0.717) is 19.5 Å². The van der Waals surface area contributed by atoms with Crippen LogP contribution in [-0.2, 0) is 9.59 Å². The molecule has 0 saturated carbocycles. The van der Waals surface area contributed by atoms with Crippen LogP contribution < -0.4 is 10.2 Å². The van der Waals surface area contributed by atoms with Gasteiger partial charge in [-0.1, -0.05) is 6.07 Å². The van der Waals surface area contributed by atoms with Gasteiger partial charge < -0.3 is 15.1 Å². The third-order valence-electron chi connectivity index (χ3n) is 4.38. The first-order valence-electron chi connectivity index (χ1n) is 8.18. The molecule has 0 aromatic heterocycles. The van der Waals surface area contributed by atoms with Gasteiger partial charge in [0.15, 0.2) is 0 Å². The molecule has 0 radical (unpaired) electrons. The highest BCUT2D eigenvalue weighted by molar-refractivity contribution is 6.00. The zero-order valence-electron chi connectivity index (χ0n) is 14.6. The molecule has 1 aromatic rings. The molecule has 1 fully saturated rings. The van der Waals surface area contributed by atoms with Gasteiger partial charge in [-0.15, -0.1) is 0 Å². The van der Waals surface area contributed by atoms with Crippen LogP contribution in [0.4, 0.5) is 5.69 Å². The first-order chi connectivity index (χ1) is 10.9. The zero-order valence-corrected chi connectivity index (χ0v) is 14.6. The van der Waals surface area contributed by atoms with Gasteiger partial charge in [0.25, 0.3) is 0 Å². The predicted octanol–water partition coefficient (Wildman–Crippen LogP) is 1.72. The number of nitrogens with zero attached hydrogens (tertiary/aromatic N) is 2. The standard InChI is InChI=1S/C18H27N3O2/c1-13-6-7-16(10-14(13)2)21-12-15(11-17(21)22)18(23)19-8-5-9-20(3)4/h6-7,10,15H,5,8-9,11-12H2,1-4H3,(H,19,23). The summed E-state index contributed by atoms with van der Waals surface area (Å²) < 4.78 is 0. The molecule has 1 aliphatic rings. The topological polar surface area (TPSA) is 52.7 Å². The van der Waals surface area contributed by atoms with Gasteiger partial charge in [-0.3, -0.25) is 9.59 Å². The molecule has 1 unspecified atom stereocenters. The van der Waals surface area contributed by atoms with Gasteiger partial charge in [0, 0.05) is 25.2 Å². The van der Waals surface area contributed by atoms with Crippen molar-refractivity contribution in [2.75, 3.05) is 38.6 Å². The minimum absolute atomic E-state index is 0.0107. The van der Waals surface area contributed by atoms with Crippen LogP contribution in [0.25, 0.3) is 0 Å². The molecule has 0 spiro atoms. The van der Waals surface area contributed by atoms with Crippen LogP contribution in [0.5, 0.6) is 0 Å². The van der Waals surface area contributed by atoms with Crippen LogP contribution in [0, 0.1) is 19.8 Å². The molecule has 1 N–H and O–H groups in total. The van der Waals surface area contributed by atoms with Crippen molar-refractivity contribution in [1.82, 2.24) is 10.2 Å².